The van der Waals surface area contributed by atoms with E-state index in [0.717, 1.165) is 112 Å². The number of fused-ring (bicyclic) bond motifs is 3. The normalized spacial score (nSPS) is 14.4. The van der Waals surface area contributed by atoms with E-state index in [9.17, 15) is 34.9 Å². The molecule has 13 aromatic rings. The molecule has 7 aromatic carbocycles. The van der Waals surface area contributed by atoms with Crippen LogP contribution >= 0.6 is 23.2 Å². The highest BCUT2D eigenvalue weighted by Crippen LogP contribution is 2.42. The minimum Gasteiger partial charge on any atom is -0.383 e. The number of sulfonamides is 3. The molecule has 0 radical (unpaired) electrons. The Morgan fingerprint density at radius 1 is 0.468 bits per heavy atom. The van der Waals surface area contributed by atoms with E-state index < -0.39 is 53.3 Å². The van der Waals surface area contributed by atoms with Gasteiger partial charge in [-0.15, -0.1) is 0 Å². The SMILES string of the molecule is Cc1ccccc1S(=O)(=O)Nc1ccc(-c2nn(C3CCCC3)c3ncnc(N)c23)cc1F.N#Cc1c(Cl)cccc1Cc1ccc(S(=O)(=O)Nc2ccc(-c3nn(C4CCCC4)c4ncnc(N)c34)cc2F)cc1.Nc1ncnc2c1c(-c1ccc(NS(=O)(=O)c3ccc(F)cc3Cl)c(F)c1)nn2C1CCCC1. The number of aryl methyl sites for hydroxylation is 1. The van der Waals surface area contributed by atoms with Gasteiger partial charge in [-0.3, -0.25) is 14.2 Å². The van der Waals surface area contributed by atoms with Crippen LogP contribution in [0.3, 0.4) is 0 Å². The second-order valence-corrected chi connectivity index (χ2v) is 32.3. The number of nitrogens with one attached hydrogen (secondary N) is 3. The number of nitrogens with zero attached hydrogens (tertiary/aromatic N) is 13. The summed E-state index contributed by atoms with van der Waals surface area (Å²) in [7, 11) is -12.3. The van der Waals surface area contributed by atoms with Gasteiger partial charge in [-0.25, -0.2) is 86.8 Å². The number of rotatable bonds is 17. The van der Waals surface area contributed by atoms with Crippen LogP contribution in [0.4, 0.5) is 52.1 Å². The maximum absolute atomic E-state index is 15.3. The summed E-state index contributed by atoms with van der Waals surface area (Å²) in [4.78, 5) is 25.1. The highest BCUT2D eigenvalue weighted by atomic mass is 35.5. The first-order valence-electron chi connectivity index (χ1n) is 34.6. The van der Waals surface area contributed by atoms with Gasteiger partial charge in [-0.2, -0.15) is 20.6 Å². The van der Waals surface area contributed by atoms with Gasteiger partial charge < -0.3 is 17.2 Å². The number of nitrogens with two attached hydrogens (primary N) is 3. The van der Waals surface area contributed by atoms with Gasteiger partial charge in [0.15, 0.2) is 16.9 Å². The molecule has 25 nitrogen and oxygen atoms in total. The number of nitriles is 1. The highest BCUT2D eigenvalue weighted by molar-refractivity contribution is 7.93. The van der Waals surface area contributed by atoms with E-state index in [-0.39, 0.29) is 72.4 Å². The topological polar surface area (TPSA) is 371 Å². The molecule has 0 aliphatic heterocycles. The number of hydrogen-bond acceptors (Lipinski definition) is 19. The van der Waals surface area contributed by atoms with Crippen LogP contribution in [0.2, 0.25) is 10.0 Å². The van der Waals surface area contributed by atoms with Gasteiger partial charge in [0.05, 0.1) is 76.7 Å². The quantitative estimate of drug-likeness (QED) is 0.0461. The fourth-order valence-electron chi connectivity index (χ4n) is 14.0. The predicted octanol–water partition coefficient (Wildman–Crippen LogP) is 15.6. The summed E-state index contributed by atoms with van der Waals surface area (Å²) in [5, 5.41) is 25.3. The van der Waals surface area contributed by atoms with Gasteiger partial charge in [0.2, 0.25) is 0 Å². The van der Waals surface area contributed by atoms with Crippen molar-refractivity contribution in [2.45, 2.75) is 123 Å². The number of benzene rings is 7. The monoisotopic (exact) mass is 1570 g/mol. The van der Waals surface area contributed by atoms with Crippen molar-refractivity contribution in [1.29, 1.82) is 5.26 Å². The molecule has 0 spiro atoms. The molecule has 109 heavy (non-hydrogen) atoms. The van der Waals surface area contributed by atoms with Gasteiger partial charge in [0.25, 0.3) is 30.1 Å². The molecule has 558 valence electrons. The number of aromatic nitrogens is 12. The van der Waals surface area contributed by atoms with Gasteiger partial charge in [-0.1, -0.05) is 122 Å². The first kappa shape index (κ1) is 74.5. The molecule has 9 N–H and O–H groups in total. The third-order valence-electron chi connectivity index (χ3n) is 19.4. The zero-order valence-corrected chi connectivity index (χ0v) is 61.9. The molecule has 6 aromatic heterocycles. The van der Waals surface area contributed by atoms with E-state index in [1.165, 1.54) is 73.6 Å². The van der Waals surface area contributed by atoms with Crippen molar-refractivity contribution in [2.24, 2.45) is 0 Å². The first-order chi connectivity index (χ1) is 52.3. The Bertz CT molecular complexity index is 6110. The van der Waals surface area contributed by atoms with Crippen molar-refractivity contribution in [2.75, 3.05) is 31.4 Å². The molecule has 0 saturated heterocycles. The van der Waals surface area contributed by atoms with Crippen molar-refractivity contribution in [3.05, 3.63) is 214 Å². The van der Waals surface area contributed by atoms with Crippen molar-refractivity contribution < 1.29 is 42.8 Å². The summed E-state index contributed by atoms with van der Waals surface area (Å²) < 4.78 is 148. The molecule has 0 unspecified atom stereocenters. The number of nitrogen functional groups attached to an aromatic ring is 3. The second kappa shape index (κ2) is 30.7. The minimum atomic E-state index is -4.26. The van der Waals surface area contributed by atoms with E-state index in [1.54, 1.807) is 67.6 Å². The Morgan fingerprint density at radius 3 is 1.27 bits per heavy atom. The van der Waals surface area contributed by atoms with Crippen LogP contribution in [0.25, 0.3) is 66.9 Å². The molecule has 3 saturated carbocycles. The first-order valence-corrected chi connectivity index (χ1v) is 39.8. The molecular weight excluding hydrogens is 1510 g/mol. The Kier molecular flexibility index (Phi) is 21.0. The lowest BCUT2D eigenvalue weighted by atomic mass is 10.0. The largest absolute Gasteiger partial charge is 0.383 e. The molecule has 34 heteroatoms. The second-order valence-electron chi connectivity index (χ2n) is 26.5. The molecule has 0 bridgehead atoms. The molecule has 0 amide bonds. The summed E-state index contributed by atoms with van der Waals surface area (Å²) in [5.74, 6) is -2.28. The molecule has 6 heterocycles. The summed E-state index contributed by atoms with van der Waals surface area (Å²) >= 11 is 12.0. The molecular formula is C75H67Cl2F4N19O6S3. The fraction of sp³-hybridized carbons (Fsp3) is 0.227. The summed E-state index contributed by atoms with van der Waals surface area (Å²) in [6.45, 7) is 1.69. The smallest absolute Gasteiger partial charge is 0.263 e. The van der Waals surface area contributed by atoms with Gasteiger partial charge in [0, 0.05) is 16.7 Å². The zero-order valence-electron chi connectivity index (χ0n) is 57.9. The van der Waals surface area contributed by atoms with Gasteiger partial charge in [0.1, 0.15) is 87.8 Å². The van der Waals surface area contributed by atoms with E-state index in [0.29, 0.717) is 89.4 Å². The fourth-order valence-corrected chi connectivity index (χ4v) is 18.3. The number of anilines is 6. The lowest BCUT2D eigenvalue weighted by Crippen LogP contribution is -2.15. The van der Waals surface area contributed by atoms with Crippen LogP contribution in [0.1, 0.15) is 117 Å². The van der Waals surface area contributed by atoms with E-state index in [2.05, 4.69) is 50.1 Å². The summed E-state index contributed by atoms with van der Waals surface area (Å²) in [5.41, 5.74) is 24.7. The van der Waals surface area contributed by atoms with Crippen LogP contribution in [-0.2, 0) is 36.5 Å². The summed E-state index contributed by atoms with van der Waals surface area (Å²) in [6.07, 6.45) is 17.0. The average molecular weight is 1570 g/mol. The van der Waals surface area contributed by atoms with Crippen molar-refractivity contribution in [3.63, 3.8) is 0 Å². The molecule has 3 fully saturated rings. The standard InChI is InChI=1S/C30H25ClFN7O2S.C23H23FN6O2S.C22H19ClF2N6O2S/c31-24-7-3-4-19(23(24)16-33)14-18-8-11-22(12-9-18)42(40,41)38-26-13-10-20(15-25(26)32)28-27-29(34)35-17-36-30(27)39(37-28)21-5-1-2-6-21;1-14-6-2-5-9-19(14)33(31,32)29-18-11-10-15(12-17(18)24)21-20-22(25)26-13-27-23(20)30(28-21)16-7-3-4-8-16;23-15-10-13(24)6-8-18(15)34(32,33)30-17-7-5-12(9-16(17)25)20-19-21(26)27-11-28-22(19)31(29-20)14-3-1-2-4-14/h3-4,7-13,15,17,21,38H,1-2,5-6,14H2,(H2,34,35,36);2,5-6,9-13,16,29H,3-4,7-8H2,1H3,(H2,25,26,27);5-11,14,30H,1-4H2,(H2,26,27,28). The third-order valence-corrected chi connectivity index (χ3v) is 24.5. The Balaban J connectivity index is 0.000000138. The van der Waals surface area contributed by atoms with E-state index >= 15 is 13.2 Å². The van der Waals surface area contributed by atoms with E-state index in [4.69, 9.17) is 55.7 Å². The summed E-state index contributed by atoms with van der Waals surface area (Å²) in [6, 6.07) is 35.8. The Labute approximate surface area is 632 Å². The van der Waals surface area contributed by atoms with Crippen molar-refractivity contribution in [3.8, 4) is 39.8 Å². The van der Waals surface area contributed by atoms with Gasteiger partial charge in [-0.05, 0) is 147 Å². The van der Waals surface area contributed by atoms with Crippen LogP contribution in [0.5, 0.6) is 0 Å². The van der Waals surface area contributed by atoms with Crippen LogP contribution in [-0.4, -0.2) is 84.5 Å². The highest BCUT2D eigenvalue weighted by Gasteiger charge is 2.31. The Hall–Kier alpha value is -11.4. The lowest BCUT2D eigenvalue weighted by Gasteiger charge is -2.12. The van der Waals surface area contributed by atoms with Crippen LogP contribution < -0.4 is 31.4 Å². The molecule has 3 aliphatic rings. The van der Waals surface area contributed by atoms with Crippen LogP contribution in [0.15, 0.2) is 173 Å². The predicted molar refractivity (Wildman–Crippen MR) is 408 cm³/mol. The average Bonchev–Trinajstić information content (AvgIpc) is 1.63. The van der Waals surface area contributed by atoms with E-state index in [1.807, 2.05) is 14.0 Å². The maximum Gasteiger partial charge on any atom is 0.263 e. The lowest BCUT2D eigenvalue weighted by molar-refractivity contribution is 0.479. The number of halogens is 6. The molecule has 3 aliphatic carbocycles. The zero-order chi connectivity index (χ0) is 76.6. The number of hydrogen-bond donors (Lipinski definition) is 6. The van der Waals surface area contributed by atoms with Crippen molar-refractivity contribution >= 4 is 121 Å². The molecule has 16 rings (SSSR count). The molecule has 0 atom stereocenters. The Morgan fingerprint density at radius 2 is 0.872 bits per heavy atom. The maximum atomic E-state index is 15.3. The minimum absolute atomic E-state index is 0.0347. The third kappa shape index (κ3) is 15.3. The van der Waals surface area contributed by atoms with Crippen molar-refractivity contribution in [1.82, 2.24) is 59.2 Å². The van der Waals surface area contributed by atoms with Crippen LogP contribution in [0, 0.1) is 41.5 Å². The van der Waals surface area contributed by atoms with Gasteiger partial charge >= 0.3 is 0 Å².